The lowest BCUT2D eigenvalue weighted by Crippen LogP contribution is -2.53. The van der Waals surface area contributed by atoms with Crippen LogP contribution in [0.5, 0.6) is 5.75 Å². The standard InChI is InChI=1S/C36H43N3O8/c1-21(2)17-31(34(42)43)37-33(41)30(18-23-13-15-24(40)16-14-23)38-35(44)47-20-32(22(3)4)39-36(45)46-19-29-27-11-7-5-9-25(27)26-10-6-8-12-28(26)29/h5-16,21-22,29-32,40H,17-20H2,1-4H3,(H,37,41)(H,38,44)(H,39,45)(H,42,43)/t30-,31-,32+/m0/s1. The van der Waals surface area contributed by atoms with Gasteiger partial charge in [-0.3, -0.25) is 4.79 Å². The third kappa shape index (κ3) is 9.48. The second-order valence-electron chi connectivity index (χ2n) is 12.5. The summed E-state index contributed by atoms with van der Waals surface area (Å²) < 4.78 is 11.1. The smallest absolute Gasteiger partial charge is 0.407 e. The zero-order valence-electron chi connectivity index (χ0n) is 27.1. The molecule has 0 radical (unpaired) electrons. The number of carbonyl (C=O) groups excluding carboxylic acids is 3. The highest BCUT2D eigenvalue weighted by atomic mass is 16.6. The van der Waals surface area contributed by atoms with Gasteiger partial charge in [-0.2, -0.15) is 0 Å². The van der Waals surface area contributed by atoms with Gasteiger partial charge >= 0.3 is 18.2 Å². The highest BCUT2D eigenvalue weighted by Crippen LogP contribution is 2.44. The van der Waals surface area contributed by atoms with Crippen LogP contribution in [0.4, 0.5) is 9.59 Å². The predicted molar refractivity (Wildman–Crippen MR) is 176 cm³/mol. The Bertz CT molecular complexity index is 1510. The number of phenols is 1. The first-order valence-electron chi connectivity index (χ1n) is 15.8. The summed E-state index contributed by atoms with van der Waals surface area (Å²) in [5.74, 6) is -2.08. The van der Waals surface area contributed by atoms with Crippen LogP contribution in [0.2, 0.25) is 0 Å². The van der Waals surface area contributed by atoms with Crippen molar-refractivity contribution in [2.45, 2.75) is 64.6 Å². The van der Waals surface area contributed by atoms with Crippen molar-refractivity contribution >= 4 is 24.1 Å². The van der Waals surface area contributed by atoms with Gasteiger partial charge in [-0.15, -0.1) is 0 Å². The van der Waals surface area contributed by atoms with Gasteiger partial charge in [0.15, 0.2) is 0 Å². The number of aromatic hydroxyl groups is 1. The number of phenolic OH excluding ortho intramolecular Hbond substituents is 1. The van der Waals surface area contributed by atoms with E-state index in [1.807, 2.05) is 64.1 Å². The monoisotopic (exact) mass is 645 g/mol. The van der Waals surface area contributed by atoms with Crippen LogP contribution in [0.25, 0.3) is 11.1 Å². The number of benzene rings is 3. The van der Waals surface area contributed by atoms with E-state index in [1.54, 1.807) is 12.1 Å². The van der Waals surface area contributed by atoms with E-state index < -0.39 is 42.2 Å². The number of hydrogen-bond acceptors (Lipinski definition) is 7. The molecule has 250 valence electrons. The molecule has 0 fully saturated rings. The summed E-state index contributed by atoms with van der Waals surface area (Å²) in [6, 6.07) is 19.2. The van der Waals surface area contributed by atoms with Crippen LogP contribution in [-0.2, 0) is 25.5 Å². The van der Waals surface area contributed by atoms with Crippen molar-refractivity contribution in [2.75, 3.05) is 13.2 Å². The number of aliphatic carboxylic acids is 1. The first-order valence-corrected chi connectivity index (χ1v) is 15.8. The van der Waals surface area contributed by atoms with Crippen molar-refractivity contribution in [3.05, 3.63) is 89.5 Å². The summed E-state index contributed by atoms with van der Waals surface area (Å²) in [5.41, 5.74) is 5.04. The molecule has 3 aromatic rings. The van der Waals surface area contributed by atoms with Crippen LogP contribution in [0.3, 0.4) is 0 Å². The third-order valence-electron chi connectivity index (χ3n) is 8.15. The van der Waals surface area contributed by atoms with Gasteiger partial charge < -0.3 is 35.6 Å². The van der Waals surface area contributed by atoms with Crippen molar-refractivity contribution in [2.24, 2.45) is 11.8 Å². The number of ether oxygens (including phenoxy) is 2. The molecular weight excluding hydrogens is 602 g/mol. The van der Waals surface area contributed by atoms with Gasteiger partial charge in [-0.05, 0) is 58.2 Å². The van der Waals surface area contributed by atoms with Crippen molar-refractivity contribution in [1.29, 1.82) is 0 Å². The van der Waals surface area contributed by atoms with Crippen LogP contribution in [-0.4, -0.2) is 65.6 Å². The molecule has 3 aromatic carbocycles. The minimum absolute atomic E-state index is 0.00168. The molecule has 3 amide bonds. The van der Waals surface area contributed by atoms with Crippen molar-refractivity contribution in [3.63, 3.8) is 0 Å². The fourth-order valence-electron chi connectivity index (χ4n) is 5.58. The number of fused-ring (bicyclic) bond motifs is 3. The van der Waals surface area contributed by atoms with Crippen LogP contribution in [0, 0.1) is 11.8 Å². The second kappa shape index (κ2) is 16.0. The van der Waals surface area contributed by atoms with Crippen molar-refractivity contribution in [3.8, 4) is 16.9 Å². The summed E-state index contributed by atoms with van der Waals surface area (Å²) in [5, 5.41) is 27.1. The minimum Gasteiger partial charge on any atom is -0.508 e. The zero-order valence-corrected chi connectivity index (χ0v) is 27.1. The van der Waals surface area contributed by atoms with Crippen LogP contribution >= 0.6 is 0 Å². The van der Waals surface area contributed by atoms with E-state index in [1.165, 1.54) is 12.1 Å². The molecule has 0 unspecified atom stereocenters. The molecule has 0 aromatic heterocycles. The maximum atomic E-state index is 13.2. The Kier molecular flexibility index (Phi) is 11.8. The largest absolute Gasteiger partial charge is 0.508 e. The van der Waals surface area contributed by atoms with Crippen LogP contribution in [0.1, 0.15) is 56.7 Å². The Morgan fingerprint density at radius 1 is 0.745 bits per heavy atom. The molecule has 11 nitrogen and oxygen atoms in total. The van der Waals surface area contributed by atoms with E-state index in [-0.39, 0.29) is 49.6 Å². The normalized spacial score (nSPS) is 14.0. The number of rotatable bonds is 14. The molecule has 11 heteroatoms. The average molecular weight is 646 g/mol. The molecule has 4 rings (SSSR count). The molecule has 0 spiro atoms. The Labute approximate surface area is 274 Å². The highest BCUT2D eigenvalue weighted by molar-refractivity contribution is 5.89. The highest BCUT2D eigenvalue weighted by Gasteiger charge is 2.31. The lowest BCUT2D eigenvalue weighted by molar-refractivity contribution is -0.142. The topological polar surface area (TPSA) is 163 Å². The van der Waals surface area contributed by atoms with Gasteiger partial charge in [-0.1, -0.05) is 88.4 Å². The Balaban J connectivity index is 1.35. The van der Waals surface area contributed by atoms with Gasteiger partial charge in [0.1, 0.15) is 31.0 Å². The van der Waals surface area contributed by atoms with E-state index in [9.17, 15) is 29.4 Å². The summed E-state index contributed by atoms with van der Waals surface area (Å²) in [6.07, 6.45) is -1.35. The van der Waals surface area contributed by atoms with Crippen LogP contribution < -0.4 is 16.0 Å². The van der Waals surface area contributed by atoms with E-state index in [2.05, 4.69) is 28.1 Å². The number of alkyl carbamates (subject to hydrolysis) is 2. The molecule has 47 heavy (non-hydrogen) atoms. The summed E-state index contributed by atoms with van der Waals surface area (Å²) in [4.78, 5) is 50.8. The van der Waals surface area contributed by atoms with Crippen molar-refractivity contribution in [1.82, 2.24) is 16.0 Å². The third-order valence-corrected chi connectivity index (χ3v) is 8.15. The maximum Gasteiger partial charge on any atom is 0.407 e. The Morgan fingerprint density at radius 2 is 1.32 bits per heavy atom. The molecule has 5 N–H and O–H groups in total. The summed E-state index contributed by atoms with van der Waals surface area (Å²) in [6.45, 7) is 7.33. The fourth-order valence-corrected chi connectivity index (χ4v) is 5.58. The quantitative estimate of drug-likeness (QED) is 0.160. The minimum atomic E-state index is -1.18. The first-order chi connectivity index (χ1) is 22.4. The average Bonchev–Trinajstić information content (AvgIpc) is 3.35. The fraction of sp³-hybridized carbons (Fsp3) is 0.389. The lowest BCUT2D eigenvalue weighted by atomic mass is 9.98. The molecule has 0 saturated heterocycles. The van der Waals surface area contributed by atoms with E-state index in [0.717, 1.165) is 22.3 Å². The van der Waals surface area contributed by atoms with Crippen molar-refractivity contribution < 1.29 is 38.9 Å². The molecule has 3 atom stereocenters. The predicted octanol–water partition coefficient (Wildman–Crippen LogP) is 5.21. The van der Waals surface area contributed by atoms with Gasteiger partial charge in [0.05, 0.1) is 6.04 Å². The molecule has 0 aliphatic heterocycles. The van der Waals surface area contributed by atoms with Gasteiger partial charge in [0.25, 0.3) is 0 Å². The number of carbonyl (C=O) groups is 4. The molecular formula is C36H43N3O8. The van der Waals surface area contributed by atoms with Gasteiger partial charge in [0, 0.05) is 12.3 Å². The Morgan fingerprint density at radius 3 is 1.87 bits per heavy atom. The van der Waals surface area contributed by atoms with Gasteiger partial charge in [0.2, 0.25) is 5.91 Å². The van der Waals surface area contributed by atoms with E-state index in [0.29, 0.717) is 5.56 Å². The second-order valence-corrected chi connectivity index (χ2v) is 12.5. The maximum absolute atomic E-state index is 13.2. The number of amides is 3. The molecule has 0 heterocycles. The number of hydrogen-bond donors (Lipinski definition) is 5. The number of carboxylic acid groups (broad SMARTS) is 1. The summed E-state index contributed by atoms with van der Waals surface area (Å²) >= 11 is 0. The summed E-state index contributed by atoms with van der Waals surface area (Å²) in [7, 11) is 0. The molecule has 1 aliphatic carbocycles. The number of nitrogens with one attached hydrogen (secondary N) is 3. The SMILES string of the molecule is CC(C)C[C@H](NC(=O)[C@H](Cc1ccc(O)cc1)NC(=O)OC[C@@H](NC(=O)OCC1c2ccccc2-c2ccccc21)C(C)C)C(=O)O. The zero-order chi connectivity index (χ0) is 34.1. The van der Waals surface area contributed by atoms with Crippen LogP contribution in [0.15, 0.2) is 72.8 Å². The first kappa shape index (κ1) is 34.8. The Hall–Kier alpha value is -5.06. The number of carboxylic acids is 1. The van der Waals surface area contributed by atoms with E-state index in [4.69, 9.17) is 9.47 Å². The molecule has 1 aliphatic rings. The molecule has 0 bridgehead atoms. The van der Waals surface area contributed by atoms with E-state index >= 15 is 0 Å². The molecule has 0 saturated carbocycles. The van der Waals surface area contributed by atoms with Gasteiger partial charge in [-0.25, -0.2) is 14.4 Å². The lowest BCUT2D eigenvalue weighted by Gasteiger charge is -2.24.